The predicted molar refractivity (Wildman–Crippen MR) is 67.9 cm³/mol. The van der Waals surface area contributed by atoms with Gasteiger partial charge in [0.2, 0.25) is 0 Å². The predicted octanol–water partition coefficient (Wildman–Crippen LogP) is 1.58. The standard InChI is InChI=1S/C11H12N4O2S/c1-7-8(18-6-14-7)5-15(2)10-9(11(16)17)12-3-4-13-10/h3-4,6H,5H2,1-2H3,(H,16,17). The second-order valence-corrected chi connectivity index (χ2v) is 4.69. The van der Waals surface area contributed by atoms with Crippen molar-refractivity contribution in [1.82, 2.24) is 15.0 Å². The highest BCUT2D eigenvalue weighted by Gasteiger charge is 2.17. The molecule has 0 fully saturated rings. The molecule has 2 heterocycles. The van der Waals surface area contributed by atoms with Crippen molar-refractivity contribution in [2.45, 2.75) is 13.5 Å². The molecule has 2 aromatic rings. The second-order valence-electron chi connectivity index (χ2n) is 3.75. The molecule has 0 saturated heterocycles. The molecule has 94 valence electrons. The van der Waals surface area contributed by atoms with Crippen molar-refractivity contribution in [3.63, 3.8) is 0 Å². The maximum atomic E-state index is 11.1. The number of anilines is 1. The van der Waals surface area contributed by atoms with E-state index in [4.69, 9.17) is 5.11 Å². The van der Waals surface area contributed by atoms with Gasteiger partial charge in [-0.15, -0.1) is 11.3 Å². The fourth-order valence-corrected chi connectivity index (χ4v) is 2.36. The van der Waals surface area contributed by atoms with E-state index >= 15 is 0 Å². The molecule has 0 unspecified atom stereocenters. The average molecular weight is 264 g/mol. The van der Waals surface area contributed by atoms with Crippen LogP contribution in [0.4, 0.5) is 5.82 Å². The number of aromatic nitrogens is 3. The van der Waals surface area contributed by atoms with Crippen molar-refractivity contribution in [2.24, 2.45) is 0 Å². The molecule has 2 aromatic heterocycles. The zero-order valence-corrected chi connectivity index (χ0v) is 10.8. The lowest BCUT2D eigenvalue weighted by molar-refractivity contribution is 0.0690. The van der Waals surface area contributed by atoms with E-state index in [2.05, 4.69) is 15.0 Å². The van der Waals surface area contributed by atoms with Gasteiger partial charge in [0.15, 0.2) is 11.5 Å². The summed E-state index contributed by atoms with van der Waals surface area (Å²) < 4.78 is 0. The summed E-state index contributed by atoms with van der Waals surface area (Å²) in [7, 11) is 1.79. The van der Waals surface area contributed by atoms with Crippen LogP contribution >= 0.6 is 11.3 Å². The number of aromatic carboxylic acids is 1. The summed E-state index contributed by atoms with van der Waals surface area (Å²) in [5, 5.41) is 9.06. The molecule has 0 saturated carbocycles. The highest BCUT2D eigenvalue weighted by molar-refractivity contribution is 7.09. The first-order valence-corrected chi connectivity index (χ1v) is 6.12. The Morgan fingerprint density at radius 1 is 1.39 bits per heavy atom. The first kappa shape index (κ1) is 12.4. The number of carboxylic acids is 1. The Morgan fingerprint density at radius 3 is 2.72 bits per heavy atom. The van der Waals surface area contributed by atoms with Crippen LogP contribution in [0.3, 0.4) is 0 Å². The van der Waals surface area contributed by atoms with E-state index in [1.165, 1.54) is 23.7 Å². The number of carbonyl (C=O) groups is 1. The van der Waals surface area contributed by atoms with E-state index in [9.17, 15) is 4.79 Å². The highest BCUT2D eigenvalue weighted by Crippen LogP contribution is 2.19. The molecule has 6 nitrogen and oxygen atoms in total. The number of hydrogen-bond acceptors (Lipinski definition) is 6. The lowest BCUT2D eigenvalue weighted by Crippen LogP contribution is -2.21. The zero-order chi connectivity index (χ0) is 13.1. The van der Waals surface area contributed by atoms with Gasteiger partial charge >= 0.3 is 5.97 Å². The molecule has 0 aliphatic heterocycles. The quantitative estimate of drug-likeness (QED) is 0.903. The van der Waals surface area contributed by atoms with Crippen LogP contribution in [-0.4, -0.2) is 33.1 Å². The van der Waals surface area contributed by atoms with Gasteiger partial charge in [-0.1, -0.05) is 0 Å². The summed E-state index contributed by atoms with van der Waals surface area (Å²) >= 11 is 1.54. The summed E-state index contributed by atoms with van der Waals surface area (Å²) in [6, 6.07) is 0. The third-order valence-corrected chi connectivity index (χ3v) is 3.39. The Bertz CT molecular complexity index is 570. The van der Waals surface area contributed by atoms with Gasteiger partial charge in [-0.2, -0.15) is 0 Å². The van der Waals surface area contributed by atoms with Gasteiger partial charge in [-0.3, -0.25) is 0 Å². The Morgan fingerprint density at radius 2 is 2.11 bits per heavy atom. The number of carboxylic acid groups (broad SMARTS) is 1. The van der Waals surface area contributed by atoms with Crippen LogP contribution < -0.4 is 4.90 Å². The molecule has 18 heavy (non-hydrogen) atoms. The summed E-state index contributed by atoms with van der Waals surface area (Å²) in [4.78, 5) is 26.0. The van der Waals surface area contributed by atoms with Gasteiger partial charge in [-0.05, 0) is 6.92 Å². The largest absolute Gasteiger partial charge is 0.476 e. The van der Waals surface area contributed by atoms with Crippen LogP contribution in [0.5, 0.6) is 0 Å². The molecular weight excluding hydrogens is 252 g/mol. The van der Waals surface area contributed by atoms with Gasteiger partial charge in [-0.25, -0.2) is 19.7 Å². The number of rotatable bonds is 4. The smallest absolute Gasteiger partial charge is 0.358 e. The van der Waals surface area contributed by atoms with Crippen molar-refractivity contribution in [1.29, 1.82) is 0 Å². The SMILES string of the molecule is Cc1ncsc1CN(C)c1nccnc1C(=O)O. The summed E-state index contributed by atoms with van der Waals surface area (Å²) in [5.41, 5.74) is 2.68. The van der Waals surface area contributed by atoms with Crippen molar-refractivity contribution < 1.29 is 9.90 Å². The molecule has 0 aliphatic rings. The van der Waals surface area contributed by atoms with Crippen LogP contribution in [0.25, 0.3) is 0 Å². The topological polar surface area (TPSA) is 79.2 Å². The maximum absolute atomic E-state index is 11.1. The lowest BCUT2D eigenvalue weighted by atomic mass is 10.3. The van der Waals surface area contributed by atoms with E-state index < -0.39 is 5.97 Å². The van der Waals surface area contributed by atoms with Crippen molar-refractivity contribution in [3.8, 4) is 0 Å². The van der Waals surface area contributed by atoms with E-state index in [0.29, 0.717) is 12.4 Å². The van der Waals surface area contributed by atoms with E-state index in [1.807, 2.05) is 6.92 Å². The van der Waals surface area contributed by atoms with E-state index in [1.54, 1.807) is 17.5 Å². The third kappa shape index (κ3) is 2.45. The molecule has 2 rings (SSSR count). The Labute approximate surface area is 108 Å². The minimum absolute atomic E-state index is 0.0397. The Balaban J connectivity index is 2.26. The van der Waals surface area contributed by atoms with Crippen LogP contribution in [0.2, 0.25) is 0 Å². The summed E-state index contributed by atoms with van der Waals surface area (Å²) in [6.07, 6.45) is 2.86. The van der Waals surface area contributed by atoms with Crippen molar-refractivity contribution in [3.05, 3.63) is 34.2 Å². The van der Waals surface area contributed by atoms with Gasteiger partial charge in [0.25, 0.3) is 0 Å². The summed E-state index contributed by atoms with van der Waals surface area (Å²) in [6.45, 7) is 2.49. The second kappa shape index (κ2) is 5.09. The average Bonchev–Trinajstić information content (AvgIpc) is 2.75. The normalized spacial score (nSPS) is 10.3. The van der Waals surface area contributed by atoms with Crippen LogP contribution in [0.1, 0.15) is 21.1 Å². The zero-order valence-electron chi connectivity index (χ0n) is 9.99. The number of hydrogen-bond donors (Lipinski definition) is 1. The molecular formula is C11H12N4O2S. The minimum atomic E-state index is -1.08. The number of thiazole rings is 1. The molecule has 7 heteroatoms. The first-order valence-electron chi connectivity index (χ1n) is 5.24. The van der Waals surface area contributed by atoms with Crippen LogP contribution in [0, 0.1) is 6.92 Å². The molecule has 0 radical (unpaired) electrons. The van der Waals surface area contributed by atoms with E-state index in [-0.39, 0.29) is 5.69 Å². The van der Waals surface area contributed by atoms with Crippen LogP contribution in [-0.2, 0) is 6.54 Å². The van der Waals surface area contributed by atoms with Crippen molar-refractivity contribution >= 4 is 23.1 Å². The molecule has 0 aliphatic carbocycles. The van der Waals surface area contributed by atoms with Gasteiger partial charge < -0.3 is 10.0 Å². The van der Waals surface area contributed by atoms with Gasteiger partial charge in [0, 0.05) is 24.3 Å². The number of nitrogens with zero attached hydrogens (tertiary/aromatic N) is 4. The highest BCUT2D eigenvalue weighted by atomic mass is 32.1. The minimum Gasteiger partial charge on any atom is -0.476 e. The lowest BCUT2D eigenvalue weighted by Gasteiger charge is -2.18. The van der Waals surface area contributed by atoms with E-state index in [0.717, 1.165) is 10.6 Å². The molecule has 0 spiro atoms. The summed E-state index contributed by atoms with van der Waals surface area (Å²) in [5.74, 6) is -0.719. The molecule has 0 bridgehead atoms. The first-order chi connectivity index (χ1) is 8.59. The van der Waals surface area contributed by atoms with Crippen LogP contribution in [0.15, 0.2) is 17.9 Å². The number of aryl methyl sites for hydroxylation is 1. The van der Waals surface area contributed by atoms with Gasteiger partial charge in [0.05, 0.1) is 17.7 Å². The molecule has 1 N–H and O–H groups in total. The maximum Gasteiger partial charge on any atom is 0.358 e. The third-order valence-electron chi connectivity index (χ3n) is 2.47. The Hall–Kier alpha value is -2.02. The van der Waals surface area contributed by atoms with Gasteiger partial charge in [0.1, 0.15) is 0 Å². The fourth-order valence-electron chi connectivity index (χ4n) is 1.53. The molecule has 0 atom stereocenters. The fraction of sp³-hybridized carbons (Fsp3) is 0.273. The molecule has 0 amide bonds. The van der Waals surface area contributed by atoms with Crippen molar-refractivity contribution in [2.75, 3.05) is 11.9 Å². The Kier molecular flexibility index (Phi) is 3.52. The monoisotopic (exact) mass is 264 g/mol. The molecule has 0 aromatic carbocycles.